The Kier molecular flexibility index (Phi) is 36.8. The number of hydrogen-bond donors (Lipinski definition) is 0. The molecule has 4 nitrogen and oxygen atoms in total. The minimum Gasteiger partial charge on any atom is -0.330 e. The Balaban J connectivity index is -0.0000000889. The predicted octanol–water partition coefficient (Wildman–Crippen LogP) is 7.62. The van der Waals surface area contributed by atoms with Crippen molar-refractivity contribution < 1.29 is 149 Å². The molecule has 184 valence electrons. The summed E-state index contributed by atoms with van der Waals surface area (Å²) >= 11 is 0. The molecule has 10 heteroatoms. The van der Waals surface area contributed by atoms with E-state index in [9.17, 15) is 9.13 Å². The van der Waals surface area contributed by atoms with Crippen LogP contribution in [0.15, 0.2) is 0 Å². The van der Waals surface area contributed by atoms with Crippen LogP contribution in [0.4, 0.5) is 0 Å². The van der Waals surface area contributed by atoms with Crippen molar-refractivity contribution in [3.05, 3.63) is 0 Å². The van der Waals surface area contributed by atoms with Gasteiger partial charge in [0, 0.05) is 144 Å². The molecular weight excluding hydrogens is 746 g/mol. The average molecular weight is 796 g/mol. The number of hydrogen-bond acceptors (Lipinski definition) is 4. The van der Waals surface area contributed by atoms with E-state index in [0.29, 0.717) is 35.9 Å². The third-order valence-corrected chi connectivity index (χ3v) is 7.86. The van der Waals surface area contributed by atoms with Crippen LogP contribution in [0.2, 0.25) is 0 Å². The minimum atomic E-state index is -1.73. The van der Waals surface area contributed by atoms with Gasteiger partial charge in [0.15, 0.2) is 16.1 Å². The van der Waals surface area contributed by atoms with E-state index in [1.165, 1.54) is 25.7 Å². The molecule has 0 aromatic carbocycles. The summed E-state index contributed by atoms with van der Waals surface area (Å²) in [5.41, 5.74) is 0.884. The first-order chi connectivity index (χ1) is 11.8. The van der Waals surface area contributed by atoms with Crippen LogP contribution in [-0.2, 0) is 149 Å². The molecule has 2 fully saturated rings. The van der Waals surface area contributed by atoms with E-state index < -0.39 is 16.1 Å². The average Bonchev–Trinajstić information content (AvgIpc) is 2.90. The van der Waals surface area contributed by atoms with E-state index in [1.807, 2.05) is 0 Å². The summed E-state index contributed by atoms with van der Waals surface area (Å²) < 4.78 is 32.0. The molecule has 0 heterocycles. The van der Waals surface area contributed by atoms with Crippen LogP contribution in [0, 0.1) is 34.5 Å². The van der Waals surface area contributed by atoms with E-state index >= 15 is 0 Å². The van der Waals surface area contributed by atoms with Crippen LogP contribution in [0.5, 0.6) is 0 Å². The van der Waals surface area contributed by atoms with Crippen LogP contribution >= 0.6 is 16.1 Å². The van der Waals surface area contributed by atoms with E-state index in [0.717, 1.165) is 11.8 Å². The van der Waals surface area contributed by atoms with Crippen LogP contribution in [0.1, 0.15) is 82.1 Å². The van der Waals surface area contributed by atoms with Gasteiger partial charge >= 0.3 is 0 Å². The molecule has 6 atom stereocenters. The van der Waals surface area contributed by atoms with Crippen molar-refractivity contribution in [2.45, 2.75) is 82.1 Å². The molecule has 0 bridgehead atoms. The van der Waals surface area contributed by atoms with Crippen molar-refractivity contribution in [3.63, 3.8) is 0 Å². The topological polar surface area (TPSA) is 52.6 Å². The Bertz CT molecular complexity index is 464. The molecule has 4 radical (unpaired) electrons. The SMILES string of the molecule is C.C.CC1CC(CO[PH](C)=O)CC1(C)C.CC1CC(CO[PH](C)=O)CC1(C)C.[Y].[Y].[Y].[Y]. The standard InChI is InChI=1S/2C10H21O2P.2CH4.4Y/c2*1-8-5-9(6-10(8,2)3)7-12-13(4)11;;;;;;/h2*8-9,13H,5-7H2,1-4H3;2*1H4;;;;. The summed E-state index contributed by atoms with van der Waals surface area (Å²) in [4.78, 5) is 0. The molecule has 2 saturated carbocycles. The van der Waals surface area contributed by atoms with Crippen LogP contribution in [0.3, 0.4) is 0 Å². The van der Waals surface area contributed by atoms with Gasteiger partial charge in [0.25, 0.3) is 0 Å². The third kappa shape index (κ3) is 19.8. The van der Waals surface area contributed by atoms with Crippen molar-refractivity contribution in [2.24, 2.45) is 34.5 Å². The Morgan fingerprint density at radius 2 is 0.938 bits per heavy atom. The van der Waals surface area contributed by atoms with Crippen molar-refractivity contribution in [1.29, 1.82) is 0 Å². The molecule has 0 aliphatic heterocycles. The summed E-state index contributed by atoms with van der Waals surface area (Å²) in [6.45, 7) is 18.6. The molecular formula is C22H50O4P2Y4. The molecule has 0 saturated heterocycles. The quantitative estimate of drug-likeness (QED) is 0.260. The zero-order valence-electron chi connectivity index (χ0n) is 20.5. The Morgan fingerprint density at radius 1 is 0.688 bits per heavy atom. The normalized spacial score (nSPS) is 28.2. The fourth-order valence-electron chi connectivity index (χ4n) is 4.42. The monoisotopic (exact) mass is 796 g/mol. The minimum absolute atomic E-state index is 0. The smallest absolute Gasteiger partial charge is 0.188 e. The first-order valence-electron chi connectivity index (χ1n) is 10.1. The summed E-state index contributed by atoms with van der Waals surface area (Å²) in [7, 11) is -3.45. The van der Waals surface area contributed by atoms with Gasteiger partial charge in [-0.1, -0.05) is 56.4 Å². The van der Waals surface area contributed by atoms with Gasteiger partial charge in [-0.05, 0) is 60.2 Å². The Labute approximate surface area is 303 Å². The van der Waals surface area contributed by atoms with Gasteiger partial charge in [0.2, 0.25) is 0 Å². The Hall–Kier alpha value is 4.80. The molecule has 0 aromatic rings. The van der Waals surface area contributed by atoms with Crippen molar-refractivity contribution in [2.75, 3.05) is 26.5 Å². The number of rotatable bonds is 6. The van der Waals surface area contributed by atoms with Crippen LogP contribution in [-0.4, -0.2) is 26.5 Å². The van der Waals surface area contributed by atoms with Gasteiger partial charge < -0.3 is 9.05 Å². The fourth-order valence-corrected chi connectivity index (χ4v) is 5.36. The maximum Gasteiger partial charge on any atom is 0.188 e. The molecule has 0 aromatic heterocycles. The van der Waals surface area contributed by atoms with Gasteiger partial charge in [0.05, 0.1) is 13.2 Å². The zero-order chi connectivity index (χ0) is 20.1. The predicted molar refractivity (Wildman–Crippen MR) is 127 cm³/mol. The van der Waals surface area contributed by atoms with Crippen LogP contribution in [0.25, 0.3) is 0 Å². The largest absolute Gasteiger partial charge is 0.330 e. The molecule has 32 heavy (non-hydrogen) atoms. The van der Waals surface area contributed by atoms with Gasteiger partial charge in [0.1, 0.15) is 0 Å². The summed E-state index contributed by atoms with van der Waals surface area (Å²) in [6.07, 6.45) is 4.87. The second kappa shape index (κ2) is 23.7. The summed E-state index contributed by atoms with van der Waals surface area (Å²) in [5.74, 6) is 2.78. The van der Waals surface area contributed by atoms with E-state index in [4.69, 9.17) is 9.05 Å². The first kappa shape index (κ1) is 49.7. The van der Waals surface area contributed by atoms with Crippen molar-refractivity contribution in [3.8, 4) is 0 Å². The Morgan fingerprint density at radius 3 is 1.09 bits per heavy atom. The fraction of sp³-hybridized carbons (Fsp3) is 1.00. The van der Waals surface area contributed by atoms with Gasteiger partial charge in [-0.3, -0.25) is 9.13 Å². The molecule has 6 unspecified atom stereocenters. The maximum atomic E-state index is 10.8. The van der Waals surface area contributed by atoms with Gasteiger partial charge in [-0.25, -0.2) is 0 Å². The third-order valence-electron chi connectivity index (χ3n) is 6.72. The van der Waals surface area contributed by atoms with E-state index in [-0.39, 0.29) is 146 Å². The van der Waals surface area contributed by atoms with Crippen molar-refractivity contribution in [1.82, 2.24) is 0 Å². The first-order valence-corrected chi connectivity index (χ1v) is 13.7. The molecule has 2 rings (SSSR count). The zero-order valence-corrected chi connectivity index (χ0v) is 33.8. The second-order valence-electron chi connectivity index (χ2n) is 10.00. The molecule has 2 aliphatic carbocycles. The van der Waals surface area contributed by atoms with E-state index in [1.54, 1.807) is 13.3 Å². The van der Waals surface area contributed by atoms with Gasteiger partial charge in [-0.2, -0.15) is 0 Å². The van der Waals surface area contributed by atoms with Crippen LogP contribution < -0.4 is 0 Å². The summed E-state index contributed by atoms with van der Waals surface area (Å²) in [5, 5.41) is 0. The molecule has 0 spiro atoms. The van der Waals surface area contributed by atoms with E-state index in [2.05, 4.69) is 41.5 Å². The molecule has 0 amide bonds. The van der Waals surface area contributed by atoms with Crippen molar-refractivity contribution >= 4 is 16.1 Å². The molecule has 2 aliphatic rings. The second-order valence-corrected chi connectivity index (χ2v) is 12.5. The summed E-state index contributed by atoms with van der Waals surface area (Å²) in [6, 6.07) is 0. The van der Waals surface area contributed by atoms with Gasteiger partial charge in [-0.15, -0.1) is 0 Å². The molecule has 0 N–H and O–H groups in total. The maximum absolute atomic E-state index is 10.8.